The van der Waals surface area contributed by atoms with E-state index in [9.17, 15) is 23.7 Å². The van der Waals surface area contributed by atoms with Gasteiger partial charge in [-0.05, 0) is 0 Å². The molecule has 1 fully saturated rings. The highest BCUT2D eigenvalue weighted by atomic mass is 32.3. The lowest BCUT2D eigenvalue weighted by Crippen LogP contribution is -2.59. The molecule has 5 atom stereocenters. The Morgan fingerprint density at radius 3 is 2.17 bits per heavy atom. The summed E-state index contributed by atoms with van der Waals surface area (Å²) in [4.78, 5) is 0. The highest BCUT2D eigenvalue weighted by Crippen LogP contribution is 2.22. The van der Waals surface area contributed by atoms with E-state index in [1.807, 2.05) is 0 Å². The molecule has 11 heteroatoms. The van der Waals surface area contributed by atoms with E-state index in [4.69, 9.17) is 9.29 Å². The number of rotatable bonds is 4. The van der Waals surface area contributed by atoms with Crippen molar-refractivity contribution in [3.63, 3.8) is 0 Å². The van der Waals surface area contributed by atoms with Crippen LogP contribution in [0.3, 0.4) is 0 Å². The maximum absolute atomic E-state index is 10.3. The Bertz CT molecular complexity index is 345. The van der Waals surface area contributed by atoms with E-state index in [1.54, 1.807) is 0 Å². The Hall–Kier alpha value is -0.370. The lowest BCUT2D eigenvalue weighted by Gasteiger charge is -2.39. The second-order valence-corrected chi connectivity index (χ2v) is 4.55. The van der Waals surface area contributed by atoms with Crippen LogP contribution in [0.25, 0.3) is 0 Å². The van der Waals surface area contributed by atoms with Crippen LogP contribution in [0.2, 0.25) is 0 Å². The summed E-state index contributed by atoms with van der Waals surface area (Å²) in [5.74, 6) is 0. The van der Waals surface area contributed by atoms with Crippen molar-refractivity contribution in [3.05, 3.63) is 0 Å². The van der Waals surface area contributed by atoms with Gasteiger partial charge in [0.15, 0.2) is 6.29 Å². The second-order valence-electron chi connectivity index (χ2n) is 3.46. The van der Waals surface area contributed by atoms with Crippen molar-refractivity contribution < 1.29 is 41.9 Å². The van der Waals surface area contributed by atoms with Crippen LogP contribution in [0.5, 0.6) is 0 Å². The summed E-state index contributed by atoms with van der Waals surface area (Å²) < 4.78 is 42.6. The lowest BCUT2D eigenvalue weighted by atomic mass is 9.99. The molecule has 1 aliphatic rings. The molecule has 0 aromatic rings. The number of hydrogen-bond acceptors (Lipinski definition) is 9. The minimum absolute atomic E-state index is 0. The van der Waals surface area contributed by atoms with Crippen molar-refractivity contribution in [1.82, 2.24) is 6.15 Å². The molecule has 0 saturated carbocycles. The fraction of sp³-hybridized carbons (Fsp3) is 1.00. The van der Waals surface area contributed by atoms with E-state index in [2.05, 4.69) is 8.92 Å². The van der Waals surface area contributed by atoms with Crippen molar-refractivity contribution >= 4 is 10.4 Å². The van der Waals surface area contributed by atoms with Crippen molar-refractivity contribution in [3.8, 4) is 0 Å². The lowest BCUT2D eigenvalue weighted by molar-refractivity contribution is -0.293. The quantitative estimate of drug-likeness (QED) is 0.345. The van der Waals surface area contributed by atoms with Crippen LogP contribution in [0.15, 0.2) is 0 Å². The zero-order chi connectivity index (χ0) is 13.2. The van der Waals surface area contributed by atoms with Gasteiger partial charge in [0.2, 0.25) is 0 Å². The van der Waals surface area contributed by atoms with Crippen LogP contribution >= 0.6 is 0 Å². The Morgan fingerprint density at radius 2 is 1.72 bits per heavy atom. The van der Waals surface area contributed by atoms with Gasteiger partial charge in [0.05, 0.1) is 6.61 Å². The third-order valence-corrected chi connectivity index (χ3v) is 2.72. The number of ether oxygens (including phenoxy) is 2. The van der Waals surface area contributed by atoms with Gasteiger partial charge < -0.3 is 30.9 Å². The summed E-state index contributed by atoms with van der Waals surface area (Å²) in [5.41, 5.74) is 0. The third kappa shape index (κ3) is 4.38. The van der Waals surface area contributed by atoms with Crippen LogP contribution in [0.1, 0.15) is 0 Å². The van der Waals surface area contributed by atoms with Gasteiger partial charge in [-0.1, -0.05) is 0 Å². The first-order chi connectivity index (χ1) is 7.76. The topological polar surface area (TPSA) is 178 Å². The molecule has 18 heavy (non-hydrogen) atoms. The fourth-order valence-corrected chi connectivity index (χ4v) is 1.71. The zero-order valence-electron chi connectivity index (χ0n) is 9.54. The molecule has 0 aromatic carbocycles. The molecule has 10 nitrogen and oxygen atoms in total. The van der Waals surface area contributed by atoms with Gasteiger partial charge in [0, 0.05) is 7.11 Å². The number of aliphatic hydroxyl groups excluding tert-OH is 3. The molecule has 0 aliphatic carbocycles. The summed E-state index contributed by atoms with van der Waals surface area (Å²) in [6.45, 7) is -0.719. The Kier molecular flexibility index (Phi) is 6.56. The Balaban J connectivity index is 0.00000289. The number of aliphatic hydroxyl groups is 3. The van der Waals surface area contributed by atoms with Crippen LogP contribution in [-0.2, 0) is 24.1 Å². The van der Waals surface area contributed by atoms with E-state index in [1.165, 1.54) is 7.11 Å². The zero-order valence-corrected chi connectivity index (χ0v) is 10.4. The van der Waals surface area contributed by atoms with Crippen molar-refractivity contribution in [1.29, 1.82) is 0 Å². The Morgan fingerprint density at radius 1 is 1.17 bits per heavy atom. The normalized spacial score (nSPS) is 37.1. The maximum atomic E-state index is 10.3. The van der Waals surface area contributed by atoms with E-state index in [0.717, 1.165) is 0 Å². The monoisotopic (exact) mass is 291 g/mol. The summed E-state index contributed by atoms with van der Waals surface area (Å²) in [5, 5.41) is 28.3. The molecule has 7 N–H and O–H groups in total. The van der Waals surface area contributed by atoms with Crippen LogP contribution in [-0.4, -0.2) is 72.7 Å². The molecule has 1 saturated heterocycles. The number of methoxy groups -OCH3 is 1. The summed E-state index contributed by atoms with van der Waals surface area (Å²) >= 11 is 0. The van der Waals surface area contributed by atoms with E-state index in [0.29, 0.717) is 0 Å². The Labute approximate surface area is 104 Å². The van der Waals surface area contributed by atoms with Gasteiger partial charge >= 0.3 is 10.4 Å². The molecule has 1 aliphatic heterocycles. The molecular formula is C7H17NO9S. The van der Waals surface area contributed by atoms with Gasteiger partial charge in [-0.2, -0.15) is 8.42 Å². The van der Waals surface area contributed by atoms with Crippen molar-refractivity contribution in [2.75, 3.05) is 13.7 Å². The molecule has 110 valence electrons. The molecular weight excluding hydrogens is 274 g/mol. The highest BCUT2D eigenvalue weighted by molar-refractivity contribution is 7.80. The fourth-order valence-electron chi connectivity index (χ4n) is 1.40. The molecule has 0 amide bonds. The molecule has 0 radical (unpaired) electrons. The molecule has 0 bridgehead atoms. The van der Waals surface area contributed by atoms with Gasteiger partial charge in [-0.15, -0.1) is 0 Å². The smallest absolute Gasteiger partial charge is 0.387 e. The van der Waals surface area contributed by atoms with Gasteiger partial charge in [0.1, 0.15) is 24.4 Å². The first kappa shape index (κ1) is 17.6. The third-order valence-electron chi connectivity index (χ3n) is 2.28. The van der Waals surface area contributed by atoms with Crippen LogP contribution in [0, 0.1) is 0 Å². The minimum Gasteiger partial charge on any atom is -0.387 e. The molecule has 0 spiro atoms. The molecule has 1 heterocycles. The minimum atomic E-state index is -4.68. The standard InChI is InChI=1S/C7H14O9S.H3N/c1-14-7-6(10)5(9)4(8)3(16-7)2-15-17(11,12)13;/h3-10H,2H2,1H3,(H,11,12,13);1H3/t3-,4+,5+,6-,7+;/m1./s1. The SMILES string of the molecule is CO[C@H]1O[C@H](COS(=O)(=O)O)[C@H](O)[C@H](O)[C@H]1O.N. The predicted molar refractivity (Wildman–Crippen MR) is 56.2 cm³/mol. The summed E-state index contributed by atoms with van der Waals surface area (Å²) in [7, 11) is -3.48. The first-order valence-electron chi connectivity index (χ1n) is 4.60. The predicted octanol–water partition coefficient (Wildman–Crippen LogP) is -2.58. The van der Waals surface area contributed by atoms with Crippen LogP contribution < -0.4 is 6.15 Å². The molecule has 0 unspecified atom stereocenters. The van der Waals surface area contributed by atoms with E-state index in [-0.39, 0.29) is 6.15 Å². The highest BCUT2D eigenvalue weighted by Gasteiger charge is 2.44. The van der Waals surface area contributed by atoms with Crippen LogP contribution in [0.4, 0.5) is 0 Å². The first-order valence-corrected chi connectivity index (χ1v) is 5.97. The van der Waals surface area contributed by atoms with Gasteiger partial charge in [-0.25, -0.2) is 4.18 Å². The average molecular weight is 291 g/mol. The summed E-state index contributed by atoms with van der Waals surface area (Å²) in [6, 6.07) is 0. The van der Waals surface area contributed by atoms with Gasteiger partial charge in [0.25, 0.3) is 0 Å². The van der Waals surface area contributed by atoms with E-state index >= 15 is 0 Å². The van der Waals surface area contributed by atoms with E-state index < -0.39 is 47.7 Å². The largest absolute Gasteiger partial charge is 0.397 e. The summed E-state index contributed by atoms with van der Waals surface area (Å²) in [6.07, 6.45) is -7.12. The average Bonchev–Trinajstić information content (AvgIpc) is 2.24. The van der Waals surface area contributed by atoms with Crippen molar-refractivity contribution in [2.24, 2.45) is 0 Å². The van der Waals surface area contributed by atoms with Gasteiger partial charge in [-0.3, -0.25) is 4.55 Å². The van der Waals surface area contributed by atoms with Crippen molar-refractivity contribution in [2.45, 2.75) is 30.7 Å². The molecule has 0 aromatic heterocycles. The number of hydrogen-bond donors (Lipinski definition) is 5. The second kappa shape index (κ2) is 6.70. The maximum Gasteiger partial charge on any atom is 0.397 e. The molecule has 1 rings (SSSR count).